The first kappa shape index (κ1) is 20.0. The Morgan fingerprint density at radius 2 is 1.79 bits per heavy atom. The molecule has 0 aliphatic carbocycles. The van der Waals surface area contributed by atoms with Crippen LogP contribution in [0.1, 0.15) is 62.5 Å². The predicted octanol–water partition coefficient (Wildman–Crippen LogP) is 5.45. The van der Waals surface area contributed by atoms with Crippen molar-refractivity contribution in [3.63, 3.8) is 0 Å². The van der Waals surface area contributed by atoms with Gasteiger partial charge in [0.1, 0.15) is 0 Å². The normalized spacial score (nSPS) is 15.3. The molecule has 0 radical (unpaired) electrons. The minimum atomic E-state index is -0.104. The van der Waals surface area contributed by atoms with Crippen LogP contribution in [0.4, 0.5) is 11.4 Å². The summed E-state index contributed by atoms with van der Waals surface area (Å²) in [7, 11) is 2.11. The van der Waals surface area contributed by atoms with Crippen LogP contribution in [0.25, 0.3) is 0 Å². The maximum absolute atomic E-state index is 12.7. The van der Waals surface area contributed by atoms with Gasteiger partial charge in [0.25, 0.3) is 5.91 Å². The van der Waals surface area contributed by atoms with Crippen molar-refractivity contribution in [1.82, 2.24) is 0 Å². The van der Waals surface area contributed by atoms with E-state index < -0.39 is 0 Å². The number of carbonyl (C=O) groups is 1. The van der Waals surface area contributed by atoms with E-state index in [1.807, 2.05) is 30.3 Å². The molecule has 3 heteroatoms. The Labute approximate surface area is 169 Å². The third-order valence-corrected chi connectivity index (χ3v) is 5.20. The van der Waals surface area contributed by atoms with Crippen LogP contribution in [-0.4, -0.2) is 19.5 Å². The Bertz CT molecular complexity index is 937. The Morgan fingerprint density at radius 3 is 2.43 bits per heavy atom. The van der Waals surface area contributed by atoms with E-state index in [2.05, 4.69) is 75.9 Å². The molecule has 1 N–H and O–H groups in total. The minimum Gasteiger partial charge on any atom is -0.374 e. The molecule has 0 spiro atoms. The zero-order valence-corrected chi connectivity index (χ0v) is 17.8. The highest BCUT2D eigenvalue weighted by molar-refractivity contribution is 6.04. The van der Waals surface area contributed by atoms with Crippen molar-refractivity contribution >= 4 is 17.3 Å². The van der Waals surface area contributed by atoms with E-state index in [9.17, 15) is 4.79 Å². The number of nitrogens with zero attached hydrogens (tertiary/aromatic N) is 1. The molecule has 0 saturated carbocycles. The summed E-state index contributed by atoms with van der Waals surface area (Å²) in [5.74, 6) is 6.27. The lowest BCUT2D eigenvalue weighted by Crippen LogP contribution is -2.34. The zero-order chi connectivity index (χ0) is 20.5. The van der Waals surface area contributed by atoms with Gasteiger partial charge in [0.2, 0.25) is 0 Å². The molecule has 2 aromatic carbocycles. The quantitative estimate of drug-likeness (QED) is 0.709. The lowest BCUT2D eigenvalue weighted by Gasteiger charge is -2.38. The fourth-order valence-electron chi connectivity index (χ4n) is 3.37. The molecule has 1 aliphatic heterocycles. The van der Waals surface area contributed by atoms with E-state index in [1.54, 1.807) is 0 Å². The first-order chi connectivity index (χ1) is 13.0. The van der Waals surface area contributed by atoms with Gasteiger partial charge in [-0.2, -0.15) is 0 Å². The third kappa shape index (κ3) is 4.57. The highest BCUT2D eigenvalue weighted by Gasteiger charge is 2.29. The van der Waals surface area contributed by atoms with Gasteiger partial charge in [0, 0.05) is 41.5 Å². The van der Waals surface area contributed by atoms with Crippen molar-refractivity contribution in [1.29, 1.82) is 0 Å². The van der Waals surface area contributed by atoms with Gasteiger partial charge in [-0.05, 0) is 74.6 Å². The van der Waals surface area contributed by atoms with Crippen molar-refractivity contribution < 1.29 is 4.79 Å². The summed E-state index contributed by atoms with van der Waals surface area (Å²) in [5.41, 5.74) is 5.03. The molecule has 28 heavy (non-hydrogen) atoms. The molecular formula is C25H30N2O. The number of carbonyl (C=O) groups excluding carboxylic acids is 1. The maximum atomic E-state index is 12.7. The van der Waals surface area contributed by atoms with Gasteiger partial charge in [-0.3, -0.25) is 4.79 Å². The molecule has 0 fully saturated rings. The number of amides is 1. The van der Waals surface area contributed by atoms with Crippen molar-refractivity contribution in [3.05, 3.63) is 59.2 Å². The van der Waals surface area contributed by atoms with Gasteiger partial charge >= 0.3 is 0 Å². The summed E-state index contributed by atoms with van der Waals surface area (Å²) in [6.45, 7) is 11.8. The van der Waals surface area contributed by atoms with Crippen LogP contribution in [0.15, 0.2) is 42.5 Å². The summed E-state index contributed by atoms with van der Waals surface area (Å²) < 4.78 is 0. The predicted molar refractivity (Wildman–Crippen MR) is 118 cm³/mol. The Kier molecular flexibility index (Phi) is 5.26. The largest absolute Gasteiger partial charge is 0.374 e. The number of hydrogen-bond donors (Lipinski definition) is 1. The Hall–Kier alpha value is -2.73. The molecule has 0 saturated heterocycles. The summed E-state index contributed by atoms with van der Waals surface area (Å²) in [6, 6.07) is 13.7. The van der Waals surface area contributed by atoms with Crippen LogP contribution in [0.5, 0.6) is 0 Å². The van der Waals surface area contributed by atoms with E-state index in [0.29, 0.717) is 5.56 Å². The second kappa shape index (κ2) is 7.36. The molecule has 0 aromatic heterocycles. The number of nitrogens with one attached hydrogen (secondary N) is 1. The molecule has 3 rings (SSSR count). The standard InChI is InChI=1S/C25H30N2O/c1-24(2,3)14-13-18-7-9-19(10-8-18)23(28)26-20-11-12-21-22(17-20)27(6)16-15-25(21,4)5/h7-12,17H,15-16H2,1-6H3,(H,26,28). The third-order valence-electron chi connectivity index (χ3n) is 5.20. The lowest BCUT2D eigenvalue weighted by atomic mass is 9.78. The number of benzene rings is 2. The minimum absolute atomic E-state index is 0.0375. The number of hydrogen-bond acceptors (Lipinski definition) is 2. The van der Waals surface area contributed by atoms with Gasteiger partial charge in [-0.25, -0.2) is 0 Å². The van der Waals surface area contributed by atoms with Gasteiger partial charge in [-0.1, -0.05) is 31.8 Å². The molecule has 1 amide bonds. The topological polar surface area (TPSA) is 32.3 Å². The van der Waals surface area contributed by atoms with Gasteiger partial charge in [0.15, 0.2) is 0 Å². The van der Waals surface area contributed by atoms with Crippen LogP contribution in [0, 0.1) is 17.3 Å². The SMILES string of the molecule is CN1CCC(C)(C)c2ccc(NC(=O)c3ccc(C#CC(C)(C)C)cc3)cc21. The highest BCUT2D eigenvalue weighted by Crippen LogP contribution is 2.40. The molecule has 3 nitrogen and oxygen atoms in total. The second-order valence-electron chi connectivity index (χ2n) is 9.32. The summed E-state index contributed by atoms with van der Waals surface area (Å²) in [4.78, 5) is 14.9. The van der Waals surface area contributed by atoms with Gasteiger partial charge in [0.05, 0.1) is 0 Å². The monoisotopic (exact) mass is 374 g/mol. The summed E-state index contributed by atoms with van der Waals surface area (Å²) >= 11 is 0. The average molecular weight is 375 g/mol. The Balaban J connectivity index is 1.76. The van der Waals surface area contributed by atoms with E-state index in [0.717, 1.165) is 24.2 Å². The number of anilines is 2. The fraction of sp³-hybridized carbons (Fsp3) is 0.400. The van der Waals surface area contributed by atoms with Crippen molar-refractivity contribution in [2.45, 2.75) is 46.5 Å². The van der Waals surface area contributed by atoms with E-state index >= 15 is 0 Å². The van der Waals surface area contributed by atoms with E-state index in [1.165, 1.54) is 11.3 Å². The van der Waals surface area contributed by atoms with Gasteiger partial charge in [-0.15, -0.1) is 0 Å². The Morgan fingerprint density at radius 1 is 1.11 bits per heavy atom. The molecule has 146 valence electrons. The fourth-order valence-corrected chi connectivity index (χ4v) is 3.37. The van der Waals surface area contributed by atoms with Crippen LogP contribution in [-0.2, 0) is 5.41 Å². The molecular weight excluding hydrogens is 344 g/mol. The van der Waals surface area contributed by atoms with Crippen LogP contribution >= 0.6 is 0 Å². The van der Waals surface area contributed by atoms with E-state index in [4.69, 9.17) is 0 Å². The van der Waals surface area contributed by atoms with Crippen molar-refractivity contribution in [2.24, 2.45) is 5.41 Å². The molecule has 0 unspecified atom stereocenters. The maximum Gasteiger partial charge on any atom is 0.255 e. The van der Waals surface area contributed by atoms with E-state index in [-0.39, 0.29) is 16.7 Å². The van der Waals surface area contributed by atoms with Gasteiger partial charge < -0.3 is 10.2 Å². The first-order valence-corrected chi connectivity index (χ1v) is 9.85. The lowest BCUT2D eigenvalue weighted by molar-refractivity contribution is 0.102. The highest BCUT2D eigenvalue weighted by atomic mass is 16.1. The van der Waals surface area contributed by atoms with Crippen molar-refractivity contribution in [3.8, 4) is 11.8 Å². The van der Waals surface area contributed by atoms with Crippen LogP contribution in [0.3, 0.4) is 0 Å². The summed E-state index contributed by atoms with van der Waals surface area (Å²) in [6.07, 6.45) is 1.13. The molecule has 2 aromatic rings. The molecule has 0 atom stereocenters. The second-order valence-corrected chi connectivity index (χ2v) is 9.32. The summed E-state index contributed by atoms with van der Waals surface area (Å²) in [5, 5.41) is 3.03. The van der Waals surface area contributed by atoms with Crippen LogP contribution in [0.2, 0.25) is 0 Å². The van der Waals surface area contributed by atoms with Crippen LogP contribution < -0.4 is 10.2 Å². The molecule has 1 heterocycles. The smallest absolute Gasteiger partial charge is 0.255 e. The van der Waals surface area contributed by atoms with Crippen molar-refractivity contribution in [2.75, 3.05) is 23.8 Å². The first-order valence-electron chi connectivity index (χ1n) is 9.85. The number of fused-ring (bicyclic) bond motifs is 1. The molecule has 1 aliphatic rings. The zero-order valence-electron chi connectivity index (χ0n) is 17.8. The molecule has 0 bridgehead atoms. The number of rotatable bonds is 2. The average Bonchev–Trinajstić information content (AvgIpc) is 2.63.